The van der Waals surface area contributed by atoms with Crippen LogP contribution in [-0.4, -0.2) is 34.6 Å². The molecule has 1 aliphatic rings. The first-order valence-electron chi connectivity index (χ1n) is 10.8. The molecule has 8 heteroatoms. The van der Waals surface area contributed by atoms with Gasteiger partial charge in [0.1, 0.15) is 0 Å². The van der Waals surface area contributed by atoms with Crippen LogP contribution in [0, 0.1) is 11.3 Å². The zero-order valence-electron chi connectivity index (χ0n) is 18.5. The predicted molar refractivity (Wildman–Crippen MR) is 125 cm³/mol. The highest BCUT2D eigenvalue weighted by molar-refractivity contribution is 5.94. The van der Waals surface area contributed by atoms with E-state index in [0.29, 0.717) is 30.4 Å². The minimum Gasteiger partial charge on any atom is -0.481 e. The van der Waals surface area contributed by atoms with Gasteiger partial charge in [0.05, 0.1) is 61.3 Å². The van der Waals surface area contributed by atoms with Gasteiger partial charge in [0.15, 0.2) is 0 Å². The summed E-state index contributed by atoms with van der Waals surface area (Å²) < 4.78 is 10.8. The molecule has 0 spiro atoms. The minimum absolute atomic E-state index is 0.227. The lowest BCUT2D eigenvalue weighted by atomic mass is 9.92. The van der Waals surface area contributed by atoms with Gasteiger partial charge in [-0.25, -0.2) is 9.97 Å². The summed E-state index contributed by atoms with van der Waals surface area (Å²) in [5, 5.41) is 13.2. The quantitative estimate of drug-likeness (QED) is 0.492. The highest BCUT2D eigenvalue weighted by Gasteiger charge is 2.22. The molecule has 1 amide bonds. The fourth-order valence-corrected chi connectivity index (χ4v) is 4.00. The summed E-state index contributed by atoms with van der Waals surface area (Å²) in [5.41, 5.74) is 5.28. The van der Waals surface area contributed by atoms with Gasteiger partial charge >= 0.3 is 0 Å². The number of benzene rings is 1. The highest BCUT2D eigenvalue weighted by atomic mass is 16.5. The van der Waals surface area contributed by atoms with Gasteiger partial charge in [0.2, 0.25) is 5.88 Å². The molecule has 1 atom stereocenters. The normalized spacial score (nSPS) is 14.8. The Hall–Kier alpha value is -4.35. The van der Waals surface area contributed by atoms with E-state index in [0.717, 1.165) is 33.3 Å². The Morgan fingerprint density at radius 2 is 2.15 bits per heavy atom. The summed E-state index contributed by atoms with van der Waals surface area (Å²) in [7, 11) is 1.58. The van der Waals surface area contributed by atoms with Crippen LogP contribution in [0.25, 0.3) is 22.2 Å². The first-order chi connectivity index (χ1) is 16.7. The molecule has 1 aromatic carbocycles. The van der Waals surface area contributed by atoms with Gasteiger partial charge in [-0.1, -0.05) is 6.07 Å². The SMILES string of the molecule is COc1ncccc1-c1ccc2cnc(CNC(=O)c3ccc4c(c3)[C@H](C#N)COC4)cc2n1. The molecule has 0 bridgehead atoms. The second-order valence-corrected chi connectivity index (χ2v) is 7.92. The maximum Gasteiger partial charge on any atom is 0.251 e. The molecule has 3 aromatic heterocycles. The molecule has 8 nitrogen and oxygen atoms in total. The number of carbonyl (C=O) groups excluding carboxylic acids is 1. The topological polar surface area (TPSA) is 110 Å². The Kier molecular flexibility index (Phi) is 5.85. The summed E-state index contributed by atoms with van der Waals surface area (Å²) in [6, 6.07) is 17.1. The van der Waals surface area contributed by atoms with Crippen LogP contribution >= 0.6 is 0 Å². The van der Waals surface area contributed by atoms with Crippen molar-refractivity contribution in [2.75, 3.05) is 13.7 Å². The number of fused-ring (bicyclic) bond motifs is 2. The molecule has 0 fully saturated rings. The number of amides is 1. The summed E-state index contributed by atoms with van der Waals surface area (Å²) >= 11 is 0. The van der Waals surface area contributed by atoms with Crippen LogP contribution in [0.15, 0.2) is 60.9 Å². The van der Waals surface area contributed by atoms with Crippen LogP contribution in [0.5, 0.6) is 5.88 Å². The second-order valence-electron chi connectivity index (χ2n) is 7.92. The van der Waals surface area contributed by atoms with E-state index in [2.05, 4.69) is 21.4 Å². The molecule has 1 aliphatic heterocycles. The van der Waals surface area contributed by atoms with Crippen molar-refractivity contribution in [1.29, 1.82) is 5.26 Å². The van der Waals surface area contributed by atoms with Crippen molar-refractivity contribution in [2.24, 2.45) is 0 Å². The van der Waals surface area contributed by atoms with Gasteiger partial charge < -0.3 is 14.8 Å². The molecular formula is C26H21N5O3. The smallest absolute Gasteiger partial charge is 0.251 e. The lowest BCUT2D eigenvalue weighted by Gasteiger charge is -2.21. The van der Waals surface area contributed by atoms with Crippen LogP contribution in [-0.2, 0) is 17.9 Å². The highest BCUT2D eigenvalue weighted by Crippen LogP contribution is 2.28. The van der Waals surface area contributed by atoms with E-state index in [4.69, 9.17) is 14.5 Å². The van der Waals surface area contributed by atoms with Gasteiger partial charge in [-0.05, 0) is 53.6 Å². The molecule has 34 heavy (non-hydrogen) atoms. The standard InChI is InChI=1S/C26H21N5O3/c1-33-26-21(3-2-8-28-26)23-7-6-17-12-29-20(10-24(17)31-23)13-30-25(32)16-4-5-18-14-34-15-19(11-27)22(18)9-16/h2-10,12,19H,13-15H2,1H3,(H,30,32)/t19-/m1/s1. The van der Waals surface area contributed by atoms with Crippen LogP contribution in [0.2, 0.25) is 0 Å². The predicted octanol–water partition coefficient (Wildman–Crippen LogP) is 3.77. The monoisotopic (exact) mass is 451 g/mol. The number of hydrogen-bond acceptors (Lipinski definition) is 7. The summed E-state index contributed by atoms with van der Waals surface area (Å²) in [6.07, 6.45) is 3.41. The molecule has 0 radical (unpaired) electrons. The molecule has 4 heterocycles. The maximum absolute atomic E-state index is 12.8. The number of nitrogens with zero attached hydrogens (tertiary/aromatic N) is 4. The van der Waals surface area contributed by atoms with Crippen molar-refractivity contribution in [3.05, 3.63) is 83.3 Å². The van der Waals surface area contributed by atoms with Crippen LogP contribution in [0.4, 0.5) is 0 Å². The van der Waals surface area contributed by atoms with Gasteiger partial charge in [-0.3, -0.25) is 9.78 Å². The first kappa shape index (κ1) is 21.5. The van der Waals surface area contributed by atoms with Crippen LogP contribution < -0.4 is 10.1 Å². The number of carbonyl (C=O) groups is 1. The fourth-order valence-electron chi connectivity index (χ4n) is 4.00. The van der Waals surface area contributed by atoms with Crippen molar-refractivity contribution in [2.45, 2.75) is 19.1 Å². The average Bonchev–Trinajstić information content (AvgIpc) is 2.90. The number of nitrogens with one attached hydrogen (secondary N) is 1. The fraction of sp³-hybridized carbons (Fsp3) is 0.192. The molecule has 1 N–H and O–H groups in total. The zero-order chi connectivity index (χ0) is 23.5. The zero-order valence-corrected chi connectivity index (χ0v) is 18.5. The van der Waals surface area contributed by atoms with Crippen molar-refractivity contribution < 1.29 is 14.3 Å². The largest absolute Gasteiger partial charge is 0.481 e. The molecule has 5 rings (SSSR count). The van der Waals surface area contributed by atoms with E-state index < -0.39 is 0 Å². The summed E-state index contributed by atoms with van der Waals surface area (Å²) in [4.78, 5) is 26.2. The van der Waals surface area contributed by atoms with Crippen molar-refractivity contribution >= 4 is 16.8 Å². The van der Waals surface area contributed by atoms with E-state index in [-0.39, 0.29) is 18.4 Å². The number of hydrogen-bond donors (Lipinski definition) is 1. The van der Waals surface area contributed by atoms with Crippen LogP contribution in [0.1, 0.15) is 33.1 Å². The van der Waals surface area contributed by atoms with E-state index in [9.17, 15) is 10.1 Å². The number of rotatable bonds is 5. The Bertz CT molecular complexity index is 1430. The lowest BCUT2D eigenvalue weighted by Crippen LogP contribution is -2.24. The Balaban J connectivity index is 1.35. The number of aromatic nitrogens is 3. The number of methoxy groups -OCH3 is 1. The third-order valence-electron chi connectivity index (χ3n) is 5.78. The second kappa shape index (κ2) is 9.25. The molecule has 168 valence electrons. The van der Waals surface area contributed by atoms with E-state index in [1.165, 1.54) is 0 Å². The maximum atomic E-state index is 12.8. The number of nitriles is 1. The van der Waals surface area contributed by atoms with Crippen LogP contribution in [0.3, 0.4) is 0 Å². The van der Waals surface area contributed by atoms with Gasteiger partial charge in [-0.2, -0.15) is 5.26 Å². The Labute approximate surface area is 196 Å². The molecule has 0 saturated carbocycles. The Morgan fingerprint density at radius 1 is 1.24 bits per heavy atom. The Morgan fingerprint density at radius 3 is 3.00 bits per heavy atom. The molecular weight excluding hydrogens is 430 g/mol. The van der Waals surface area contributed by atoms with Gasteiger partial charge in [0, 0.05) is 23.3 Å². The number of ether oxygens (including phenoxy) is 2. The first-order valence-corrected chi connectivity index (χ1v) is 10.8. The van der Waals surface area contributed by atoms with E-state index in [1.54, 1.807) is 31.6 Å². The third kappa shape index (κ3) is 4.17. The number of pyridine rings is 3. The van der Waals surface area contributed by atoms with Gasteiger partial charge in [0.25, 0.3) is 5.91 Å². The summed E-state index contributed by atoms with van der Waals surface area (Å²) in [6.45, 7) is 1.05. The minimum atomic E-state index is -0.364. The van der Waals surface area contributed by atoms with Crippen molar-refractivity contribution in [3.8, 4) is 23.2 Å². The van der Waals surface area contributed by atoms with E-state index in [1.807, 2.05) is 36.4 Å². The van der Waals surface area contributed by atoms with Crippen molar-refractivity contribution in [1.82, 2.24) is 20.3 Å². The third-order valence-corrected chi connectivity index (χ3v) is 5.78. The molecule has 0 aliphatic carbocycles. The average molecular weight is 451 g/mol. The molecule has 0 unspecified atom stereocenters. The van der Waals surface area contributed by atoms with E-state index >= 15 is 0 Å². The molecule has 0 saturated heterocycles. The van der Waals surface area contributed by atoms with Crippen molar-refractivity contribution in [3.63, 3.8) is 0 Å². The van der Waals surface area contributed by atoms with Gasteiger partial charge in [-0.15, -0.1) is 0 Å². The lowest BCUT2D eigenvalue weighted by molar-refractivity contribution is 0.0945. The molecule has 4 aromatic rings. The summed E-state index contributed by atoms with van der Waals surface area (Å²) in [5.74, 6) is -0.0850.